The van der Waals surface area contributed by atoms with Crippen LogP contribution in [0.25, 0.3) is 0 Å². The molecule has 1 aromatic heterocycles. The Labute approximate surface area is 186 Å². The maximum Gasteiger partial charge on any atom is 0.272 e. The summed E-state index contributed by atoms with van der Waals surface area (Å²) in [6, 6.07) is 13.9. The number of ether oxygens (including phenoxy) is 1. The lowest BCUT2D eigenvalue weighted by Crippen LogP contribution is -2.42. The van der Waals surface area contributed by atoms with E-state index >= 15 is 0 Å². The average molecular weight is 441 g/mol. The number of anilines is 2. The topological polar surface area (TPSA) is 32.8 Å². The summed E-state index contributed by atoms with van der Waals surface area (Å²) in [5.74, 6) is 1.07. The molecule has 30 heavy (non-hydrogen) atoms. The first-order valence-corrected chi connectivity index (χ1v) is 11.4. The Hall–Kier alpha value is -2.50. The molecule has 0 saturated heterocycles. The number of carbonyl (C=O) groups excluding carboxylic acids is 1. The van der Waals surface area contributed by atoms with Gasteiger partial charge in [0.05, 0.1) is 16.4 Å². The molecule has 0 fully saturated rings. The third kappa shape index (κ3) is 4.05. The van der Waals surface area contributed by atoms with Crippen molar-refractivity contribution in [1.82, 2.24) is 0 Å². The van der Waals surface area contributed by atoms with Crippen molar-refractivity contribution in [3.8, 4) is 11.5 Å². The minimum absolute atomic E-state index is 0.0354. The SMILES string of the molecule is CCCc1ccc2c(c1)N(C(=O)c1sccc1Oc1cc(C)ccc1Cl)CCN2C. The van der Waals surface area contributed by atoms with Gasteiger partial charge in [0.2, 0.25) is 0 Å². The Morgan fingerprint density at radius 3 is 2.73 bits per heavy atom. The van der Waals surface area contributed by atoms with Crippen LogP contribution < -0.4 is 14.5 Å². The smallest absolute Gasteiger partial charge is 0.272 e. The predicted octanol–water partition coefficient (Wildman–Crippen LogP) is 6.55. The first-order chi connectivity index (χ1) is 14.5. The molecule has 0 unspecified atom stereocenters. The number of aryl methyl sites for hydroxylation is 2. The second-order valence-electron chi connectivity index (χ2n) is 7.60. The van der Waals surface area contributed by atoms with Crippen LogP contribution in [0.1, 0.15) is 34.1 Å². The highest BCUT2D eigenvalue weighted by Gasteiger charge is 2.29. The van der Waals surface area contributed by atoms with Crippen molar-refractivity contribution in [3.63, 3.8) is 0 Å². The highest BCUT2D eigenvalue weighted by Crippen LogP contribution is 2.38. The number of hydrogen-bond donors (Lipinski definition) is 0. The summed E-state index contributed by atoms with van der Waals surface area (Å²) in [7, 11) is 2.07. The molecule has 3 aromatic rings. The van der Waals surface area contributed by atoms with E-state index in [1.54, 1.807) is 0 Å². The first kappa shape index (κ1) is 20.8. The van der Waals surface area contributed by atoms with Gasteiger partial charge in [0.15, 0.2) is 5.75 Å². The largest absolute Gasteiger partial charge is 0.454 e. The summed E-state index contributed by atoms with van der Waals surface area (Å²) >= 11 is 7.70. The molecule has 1 aliphatic rings. The molecule has 0 atom stereocenters. The summed E-state index contributed by atoms with van der Waals surface area (Å²) in [6.07, 6.45) is 2.07. The lowest BCUT2D eigenvalue weighted by Gasteiger charge is -2.36. The van der Waals surface area contributed by atoms with Crippen LogP contribution in [-0.4, -0.2) is 26.0 Å². The van der Waals surface area contributed by atoms with Gasteiger partial charge < -0.3 is 14.5 Å². The Morgan fingerprint density at radius 2 is 1.93 bits per heavy atom. The fraction of sp³-hybridized carbons (Fsp3) is 0.292. The number of likely N-dealkylation sites (N-methyl/N-ethyl adjacent to an activating group) is 1. The Morgan fingerprint density at radius 1 is 1.10 bits per heavy atom. The highest BCUT2D eigenvalue weighted by molar-refractivity contribution is 7.12. The standard InChI is InChI=1S/C24H25ClN2O2S/c1-4-5-17-7-9-19-20(15-17)27(12-11-26(19)3)24(28)23-21(10-13-30-23)29-22-14-16(2)6-8-18(22)25/h6-10,13-15H,4-5,11-12H2,1-3H3. The number of benzene rings is 2. The van der Waals surface area contributed by atoms with E-state index < -0.39 is 0 Å². The number of amides is 1. The van der Waals surface area contributed by atoms with Gasteiger partial charge in [-0.2, -0.15) is 0 Å². The maximum atomic E-state index is 13.6. The summed E-state index contributed by atoms with van der Waals surface area (Å²) in [5, 5.41) is 2.41. The zero-order chi connectivity index (χ0) is 21.3. The fourth-order valence-electron chi connectivity index (χ4n) is 3.72. The van der Waals surface area contributed by atoms with Crippen LogP contribution in [0.4, 0.5) is 11.4 Å². The van der Waals surface area contributed by atoms with E-state index in [1.165, 1.54) is 16.9 Å². The molecular formula is C24H25ClN2O2S. The van der Waals surface area contributed by atoms with Gasteiger partial charge in [-0.25, -0.2) is 0 Å². The molecule has 2 heterocycles. The summed E-state index contributed by atoms with van der Waals surface area (Å²) in [4.78, 5) is 18.2. The molecule has 1 amide bonds. The minimum atomic E-state index is -0.0354. The predicted molar refractivity (Wildman–Crippen MR) is 126 cm³/mol. The molecule has 6 heteroatoms. The van der Waals surface area contributed by atoms with Gasteiger partial charge in [-0.15, -0.1) is 11.3 Å². The highest BCUT2D eigenvalue weighted by atomic mass is 35.5. The van der Waals surface area contributed by atoms with E-state index in [-0.39, 0.29) is 5.91 Å². The Balaban J connectivity index is 1.67. The van der Waals surface area contributed by atoms with Gasteiger partial charge in [-0.05, 0) is 60.2 Å². The van der Waals surface area contributed by atoms with E-state index in [4.69, 9.17) is 16.3 Å². The lowest BCUT2D eigenvalue weighted by molar-refractivity contribution is 0.0988. The molecule has 1 aliphatic heterocycles. The molecule has 0 bridgehead atoms. The number of thiophene rings is 1. The maximum absolute atomic E-state index is 13.6. The van der Waals surface area contributed by atoms with Gasteiger partial charge in [-0.3, -0.25) is 4.79 Å². The Kier molecular flexibility index (Phi) is 6.02. The third-order valence-electron chi connectivity index (χ3n) is 5.31. The number of rotatable bonds is 5. The van der Waals surface area contributed by atoms with Crippen molar-refractivity contribution in [1.29, 1.82) is 0 Å². The third-order valence-corrected chi connectivity index (χ3v) is 6.51. The van der Waals surface area contributed by atoms with Crippen LogP contribution in [0.2, 0.25) is 5.02 Å². The van der Waals surface area contributed by atoms with E-state index in [9.17, 15) is 4.79 Å². The zero-order valence-electron chi connectivity index (χ0n) is 17.4. The second-order valence-corrected chi connectivity index (χ2v) is 8.92. The molecule has 0 spiro atoms. The molecule has 0 aliphatic carbocycles. The molecule has 156 valence electrons. The van der Waals surface area contributed by atoms with Gasteiger partial charge in [0, 0.05) is 20.1 Å². The van der Waals surface area contributed by atoms with Gasteiger partial charge in [0.25, 0.3) is 5.91 Å². The fourth-order valence-corrected chi connectivity index (χ4v) is 4.64. The van der Waals surface area contributed by atoms with Crippen molar-refractivity contribution in [2.75, 3.05) is 29.9 Å². The molecular weight excluding hydrogens is 416 g/mol. The van der Waals surface area contributed by atoms with Crippen LogP contribution in [0.15, 0.2) is 47.8 Å². The number of carbonyl (C=O) groups is 1. The first-order valence-electron chi connectivity index (χ1n) is 10.2. The number of fused-ring (bicyclic) bond motifs is 1. The van der Waals surface area contributed by atoms with Gasteiger partial charge >= 0.3 is 0 Å². The average Bonchev–Trinajstić information content (AvgIpc) is 3.19. The van der Waals surface area contributed by atoms with Crippen LogP contribution in [0.5, 0.6) is 11.5 Å². The number of hydrogen-bond acceptors (Lipinski definition) is 4. The number of nitrogens with zero attached hydrogens (tertiary/aromatic N) is 2. The van der Waals surface area contributed by atoms with E-state index in [2.05, 4.69) is 37.1 Å². The molecule has 4 rings (SSSR count). The lowest BCUT2D eigenvalue weighted by atomic mass is 10.1. The second kappa shape index (κ2) is 8.70. The Bertz CT molecular complexity index is 1080. The normalized spacial score (nSPS) is 13.3. The monoisotopic (exact) mass is 440 g/mol. The van der Waals surface area contributed by atoms with Gasteiger partial charge in [0.1, 0.15) is 10.6 Å². The zero-order valence-corrected chi connectivity index (χ0v) is 19.0. The summed E-state index contributed by atoms with van der Waals surface area (Å²) in [6.45, 7) is 5.58. The van der Waals surface area contributed by atoms with Crippen molar-refractivity contribution >= 4 is 40.2 Å². The number of halogens is 1. The summed E-state index contributed by atoms with van der Waals surface area (Å²) in [5.41, 5.74) is 4.34. The summed E-state index contributed by atoms with van der Waals surface area (Å²) < 4.78 is 6.07. The molecule has 0 N–H and O–H groups in total. The van der Waals surface area contributed by atoms with Crippen LogP contribution in [0, 0.1) is 6.92 Å². The van der Waals surface area contributed by atoms with Crippen molar-refractivity contribution in [3.05, 3.63) is 68.9 Å². The minimum Gasteiger partial charge on any atom is -0.454 e. The van der Waals surface area contributed by atoms with Crippen LogP contribution in [0.3, 0.4) is 0 Å². The molecule has 4 nitrogen and oxygen atoms in total. The van der Waals surface area contributed by atoms with Crippen molar-refractivity contribution in [2.24, 2.45) is 0 Å². The van der Waals surface area contributed by atoms with Crippen molar-refractivity contribution < 1.29 is 9.53 Å². The van der Waals surface area contributed by atoms with E-state index in [0.29, 0.717) is 27.9 Å². The molecule has 0 radical (unpaired) electrons. The quantitative estimate of drug-likeness (QED) is 0.450. The van der Waals surface area contributed by atoms with E-state index in [1.807, 2.05) is 41.5 Å². The van der Waals surface area contributed by atoms with Gasteiger partial charge in [-0.1, -0.05) is 37.1 Å². The molecule has 0 saturated carbocycles. The van der Waals surface area contributed by atoms with E-state index in [0.717, 1.165) is 36.3 Å². The van der Waals surface area contributed by atoms with Crippen LogP contribution in [-0.2, 0) is 6.42 Å². The van der Waals surface area contributed by atoms with Crippen LogP contribution >= 0.6 is 22.9 Å². The van der Waals surface area contributed by atoms with Crippen molar-refractivity contribution in [2.45, 2.75) is 26.7 Å². The molecule has 2 aromatic carbocycles.